The number of hydrogen-bond donors (Lipinski definition) is 1. The monoisotopic (exact) mass is 306 g/mol. The Hall–Kier alpha value is -2.72. The van der Waals surface area contributed by atoms with Crippen LogP contribution in [0.2, 0.25) is 0 Å². The SMILES string of the molecule is C[C@@H](OCc1ccccc1)C(=O)Nc1cnc2ccccc2c1. The molecule has 0 unspecified atom stereocenters. The third kappa shape index (κ3) is 3.93. The van der Waals surface area contributed by atoms with Crippen molar-refractivity contribution < 1.29 is 9.53 Å². The minimum atomic E-state index is -0.540. The zero-order chi connectivity index (χ0) is 16.1. The Kier molecular flexibility index (Phi) is 4.64. The number of nitrogens with zero attached hydrogens (tertiary/aromatic N) is 1. The van der Waals surface area contributed by atoms with Crippen LogP contribution in [0.4, 0.5) is 5.69 Å². The molecule has 3 aromatic rings. The molecule has 0 aliphatic carbocycles. The summed E-state index contributed by atoms with van der Waals surface area (Å²) in [7, 11) is 0. The summed E-state index contributed by atoms with van der Waals surface area (Å²) in [6.07, 6.45) is 1.12. The number of carbonyl (C=O) groups excluding carboxylic acids is 1. The highest BCUT2D eigenvalue weighted by Crippen LogP contribution is 2.16. The number of amides is 1. The first-order chi connectivity index (χ1) is 11.2. The van der Waals surface area contributed by atoms with Gasteiger partial charge in [0, 0.05) is 5.39 Å². The molecule has 4 heteroatoms. The Balaban J connectivity index is 1.60. The second-order valence-corrected chi connectivity index (χ2v) is 5.34. The van der Waals surface area contributed by atoms with Gasteiger partial charge in [0.25, 0.3) is 5.91 Å². The van der Waals surface area contributed by atoms with Crippen LogP contribution in [-0.2, 0) is 16.1 Å². The van der Waals surface area contributed by atoms with Crippen LogP contribution in [-0.4, -0.2) is 17.0 Å². The number of benzene rings is 2. The average Bonchev–Trinajstić information content (AvgIpc) is 2.60. The molecule has 23 heavy (non-hydrogen) atoms. The van der Waals surface area contributed by atoms with Gasteiger partial charge in [0.1, 0.15) is 6.10 Å². The maximum atomic E-state index is 12.2. The van der Waals surface area contributed by atoms with Crippen molar-refractivity contribution in [2.45, 2.75) is 19.6 Å². The molecule has 1 amide bonds. The number of hydrogen-bond acceptors (Lipinski definition) is 3. The number of aromatic nitrogens is 1. The molecule has 0 bridgehead atoms. The quantitative estimate of drug-likeness (QED) is 0.780. The summed E-state index contributed by atoms with van der Waals surface area (Å²) in [6, 6.07) is 19.5. The first-order valence-corrected chi connectivity index (χ1v) is 7.53. The Morgan fingerprint density at radius 1 is 1.13 bits per heavy atom. The molecule has 1 aromatic heterocycles. The summed E-state index contributed by atoms with van der Waals surface area (Å²) in [5, 5.41) is 3.83. The van der Waals surface area contributed by atoms with E-state index in [1.165, 1.54) is 0 Å². The molecule has 116 valence electrons. The van der Waals surface area contributed by atoms with Crippen molar-refractivity contribution in [2.75, 3.05) is 5.32 Å². The van der Waals surface area contributed by atoms with Crippen molar-refractivity contribution in [3.05, 3.63) is 72.4 Å². The van der Waals surface area contributed by atoms with E-state index in [2.05, 4.69) is 10.3 Å². The summed E-state index contributed by atoms with van der Waals surface area (Å²) in [5.41, 5.74) is 2.61. The van der Waals surface area contributed by atoms with Gasteiger partial charge in [0.15, 0.2) is 0 Å². The number of anilines is 1. The van der Waals surface area contributed by atoms with Gasteiger partial charge in [-0.3, -0.25) is 9.78 Å². The maximum absolute atomic E-state index is 12.2. The summed E-state index contributed by atoms with van der Waals surface area (Å²) in [4.78, 5) is 16.5. The van der Waals surface area contributed by atoms with Crippen molar-refractivity contribution in [1.82, 2.24) is 4.98 Å². The number of ether oxygens (including phenoxy) is 1. The Bertz CT molecular complexity index is 803. The van der Waals surface area contributed by atoms with Gasteiger partial charge in [-0.2, -0.15) is 0 Å². The van der Waals surface area contributed by atoms with E-state index in [4.69, 9.17) is 4.74 Å². The van der Waals surface area contributed by atoms with E-state index in [0.29, 0.717) is 12.3 Å². The summed E-state index contributed by atoms with van der Waals surface area (Å²) < 4.78 is 5.62. The van der Waals surface area contributed by atoms with E-state index in [1.54, 1.807) is 13.1 Å². The molecule has 0 fully saturated rings. The smallest absolute Gasteiger partial charge is 0.253 e. The van der Waals surface area contributed by atoms with Crippen molar-refractivity contribution in [1.29, 1.82) is 0 Å². The maximum Gasteiger partial charge on any atom is 0.253 e. The van der Waals surface area contributed by atoms with Gasteiger partial charge < -0.3 is 10.1 Å². The van der Waals surface area contributed by atoms with Crippen molar-refractivity contribution in [3.8, 4) is 0 Å². The Morgan fingerprint density at radius 2 is 1.87 bits per heavy atom. The van der Waals surface area contributed by atoms with Crippen LogP contribution in [0.3, 0.4) is 0 Å². The van der Waals surface area contributed by atoms with Gasteiger partial charge in [-0.15, -0.1) is 0 Å². The summed E-state index contributed by atoms with van der Waals surface area (Å²) in [5.74, 6) is -0.182. The molecule has 3 rings (SSSR count). The number of para-hydroxylation sites is 1. The normalized spacial score (nSPS) is 12.0. The standard InChI is InChI=1S/C19H18N2O2/c1-14(23-13-15-7-3-2-4-8-15)19(22)21-17-11-16-9-5-6-10-18(16)20-12-17/h2-12,14H,13H2,1H3,(H,21,22)/t14-/m1/s1. The van der Waals surface area contributed by atoms with Crippen molar-refractivity contribution >= 4 is 22.5 Å². The Labute approximate surface area is 135 Å². The number of pyridine rings is 1. The van der Waals surface area contributed by atoms with E-state index >= 15 is 0 Å². The van der Waals surface area contributed by atoms with E-state index in [1.807, 2.05) is 60.7 Å². The van der Waals surface area contributed by atoms with E-state index in [-0.39, 0.29) is 5.91 Å². The molecular formula is C19H18N2O2. The molecule has 1 atom stereocenters. The van der Waals surface area contributed by atoms with E-state index in [9.17, 15) is 4.79 Å². The minimum Gasteiger partial charge on any atom is -0.364 e. The van der Waals surface area contributed by atoms with Crippen LogP contribution in [0, 0.1) is 0 Å². The van der Waals surface area contributed by atoms with Gasteiger partial charge in [-0.05, 0) is 24.6 Å². The molecule has 0 aliphatic rings. The first-order valence-electron chi connectivity index (χ1n) is 7.53. The number of rotatable bonds is 5. The van der Waals surface area contributed by atoms with E-state index < -0.39 is 6.10 Å². The second kappa shape index (κ2) is 7.03. The van der Waals surface area contributed by atoms with Crippen LogP contribution in [0.5, 0.6) is 0 Å². The van der Waals surface area contributed by atoms with Gasteiger partial charge in [-0.25, -0.2) is 0 Å². The highest BCUT2D eigenvalue weighted by Gasteiger charge is 2.14. The average molecular weight is 306 g/mol. The fourth-order valence-corrected chi connectivity index (χ4v) is 2.25. The van der Waals surface area contributed by atoms with Gasteiger partial charge in [0.2, 0.25) is 0 Å². The lowest BCUT2D eigenvalue weighted by Gasteiger charge is -2.13. The largest absolute Gasteiger partial charge is 0.364 e. The summed E-state index contributed by atoms with van der Waals surface area (Å²) in [6.45, 7) is 2.15. The number of carbonyl (C=O) groups is 1. The molecule has 1 N–H and O–H groups in total. The first kappa shape index (κ1) is 15.2. The molecule has 0 radical (unpaired) electrons. The minimum absolute atomic E-state index is 0.182. The molecule has 0 saturated carbocycles. The van der Waals surface area contributed by atoms with Crippen LogP contribution in [0.15, 0.2) is 66.9 Å². The van der Waals surface area contributed by atoms with Gasteiger partial charge >= 0.3 is 0 Å². The molecule has 2 aromatic carbocycles. The zero-order valence-corrected chi connectivity index (χ0v) is 12.9. The molecule has 1 heterocycles. The Morgan fingerprint density at radius 3 is 2.70 bits per heavy atom. The molecule has 0 aliphatic heterocycles. The van der Waals surface area contributed by atoms with Crippen LogP contribution >= 0.6 is 0 Å². The third-order valence-corrected chi connectivity index (χ3v) is 3.57. The second-order valence-electron chi connectivity index (χ2n) is 5.34. The molecular weight excluding hydrogens is 288 g/mol. The van der Waals surface area contributed by atoms with Crippen LogP contribution in [0.1, 0.15) is 12.5 Å². The lowest BCUT2D eigenvalue weighted by Crippen LogP contribution is -2.27. The molecule has 4 nitrogen and oxygen atoms in total. The lowest BCUT2D eigenvalue weighted by atomic mass is 10.2. The summed E-state index contributed by atoms with van der Waals surface area (Å²) >= 11 is 0. The molecule has 0 spiro atoms. The fraction of sp³-hybridized carbons (Fsp3) is 0.158. The van der Waals surface area contributed by atoms with Gasteiger partial charge in [0.05, 0.1) is 24.0 Å². The van der Waals surface area contributed by atoms with Crippen LogP contribution in [0.25, 0.3) is 10.9 Å². The predicted octanol–water partition coefficient (Wildman–Crippen LogP) is 3.78. The fourth-order valence-electron chi connectivity index (χ4n) is 2.25. The highest BCUT2D eigenvalue weighted by molar-refractivity contribution is 5.95. The van der Waals surface area contributed by atoms with Crippen molar-refractivity contribution in [3.63, 3.8) is 0 Å². The third-order valence-electron chi connectivity index (χ3n) is 3.57. The lowest BCUT2D eigenvalue weighted by molar-refractivity contribution is -0.127. The predicted molar refractivity (Wildman–Crippen MR) is 91.1 cm³/mol. The topological polar surface area (TPSA) is 51.2 Å². The zero-order valence-electron chi connectivity index (χ0n) is 12.9. The molecule has 0 saturated heterocycles. The number of nitrogens with one attached hydrogen (secondary N) is 1. The van der Waals surface area contributed by atoms with Gasteiger partial charge in [-0.1, -0.05) is 48.5 Å². The van der Waals surface area contributed by atoms with Crippen LogP contribution < -0.4 is 5.32 Å². The highest BCUT2D eigenvalue weighted by atomic mass is 16.5. The van der Waals surface area contributed by atoms with E-state index in [0.717, 1.165) is 16.5 Å². The number of fused-ring (bicyclic) bond motifs is 1. The van der Waals surface area contributed by atoms with Crippen molar-refractivity contribution in [2.24, 2.45) is 0 Å².